The standard InChI is InChI=1S/C18H25FN4O4/c1-11-3-4-14(19)13(9-11)15(10-26-2)20-16-21-17(24)23(18(25)22-16)12-5-7-27-8-6-12/h3-4,9,12,15-16,20H,5-8,10H2,1-2H3,(H,21,24)(H,22,25)/t15-/m1/s1. The Hall–Kier alpha value is -2.23. The molecule has 148 valence electrons. The zero-order chi connectivity index (χ0) is 19.4. The number of amides is 4. The quantitative estimate of drug-likeness (QED) is 0.697. The number of benzene rings is 1. The van der Waals surface area contributed by atoms with Gasteiger partial charge in [-0.15, -0.1) is 0 Å². The van der Waals surface area contributed by atoms with Gasteiger partial charge in [0.15, 0.2) is 6.29 Å². The van der Waals surface area contributed by atoms with E-state index in [4.69, 9.17) is 9.47 Å². The van der Waals surface area contributed by atoms with Gasteiger partial charge in [0.05, 0.1) is 12.6 Å². The molecule has 1 aromatic carbocycles. The lowest BCUT2D eigenvalue weighted by Gasteiger charge is -2.39. The smallest absolute Gasteiger partial charge is 0.328 e. The first-order chi connectivity index (χ1) is 13.0. The van der Waals surface area contributed by atoms with Gasteiger partial charge in [-0.3, -0.25) is 5.32 Å². The number of urea groups is 2. The predicted molar refractivity (Wildman–Crippen MR) is 95.4 cm³/mol. The van der Waals surface area contributed by atoms with Crippen molar-refractivity contribution in [2.75, 3.05) is 26.9 Å². The number of carbonyl (C=O) groups excluding carboxylic acids is 2. The molecule has 0 spiro atoms. The Balaban J connectivity index is 1.70. The minimum atomic E-state index is -0.832. The van der Waals surface area contributed by atoms with Crippen LogP contribution in [-0.4, -0.2) is 56.2 Å². The monoisotopic (exact) mass is 380 g/mol. The molecule has 0 unspecified atom stereocenters. The second kappa shape index (κ2) is 8.64. The lowest BCUT2D eigenvalue weighted by Crippen LogP contribution is -2.70. The van der Waals surface area contributed by atoms with Gasteiger partial charge in [0.1, 0.15) is 5.82 Å². The van der Waals surface area contributed by atoms with Crippen molar-refractivity contribution in [1.29, 1.82) is 0 Å². The van der Waals surface area contributed by atoms with Crippen LogP contribution in [0.15, 0.2) is 18.2 Å². The molecule has 8 nitrogen and oxygen atoms in total. The summed E-state index contributed by atoms with van der Waals surface area (Å²) in [5, 5.41) is 8.47. The average molecular weight is 380 g/mol. The van der Waals surface area contributed by atoms with E-state index in [2.05, 4.69) is 16.0 Å². The Bertz CT molecular complexity index is 678. The van der Waals surface area contributed by atoms with E-state index in [0.29, 0.717) is 31.6 Å². The van der Waals surface area contributed by atoms with E-state index in [-0.39, 0.29) is 18.5 Å². The molecule has 1 atom stereocenters. The fourth-order valence-corrected chi connectivity index (χ4v) is 3.40. The lowest BCUT2D eigenvalue weighted by molar-refractivity contribution is 0.0485. The van der Waals surface area contributed by atoms with Crippen molar-refractivity contribution in [2.45, 2.75) is 38.1 Å². The third kappa shape index (κ3) is 4.55. The van der Waals surface area contributed by atoms with Crippen LogP contribution in [0, 0.1) is 12.7 Å². The van der Waals surface area contributed by atoms with Crippen molar-refractivity contribution in [2.24, 2.45) is 0 Å². The van der Waals surface area contributed by atoms with Crippen LogP contribution >= 0.6 is 0 Å². The van der Waals surface area contributed by atoms with Crippen molar-refractivity contribution in [3.8, 4) is 0 Å². The van der Waals surface area contributed by atoms with Gasteiger partial charge in [0.25, 0.3) is 0 Å². The summed E-state index contributed by atoms with van der Waals surface area (Å²) < 4.78 is 24.7. The number of rotatable bonds is 6. The Kier molecular flexibility index (Phi) is 6.25. The van der Waals surface area contributed by atoms with Crippen LogP contribution in [0.1, 0.15) is 30.0 Å². The number of nitrogens with one attached hydrogen (secondary N) is 3. The topological polar surface area (TPSA) is 91.9 Å². The second-order valence-corrected chi connectivity index (χ2v) is 6.75. The Morgan fingerprint density at radius 3 is 2.59 bits per heavy atom. The number of carbonyl (C=O) groups is 2. The summed E-state index contributed by atoms with van der Waals surface area (Å²) in [4.78, 5) is 26.2. The third-order valence-electron chi connectivity index (χ3n) is 4.76. The van der Waals surface area contributed by atoms with E-state index in [1.165, 1.54) is 18.1 Å². The molecular formula is C18H25FN4O4. The first kappa shape index (κ1) is 19.5. The first-order valence-electron chi connectivity index (χ1n) is 8.98. The third-order valence-corrected chi connectivity index (χ3v) is 4.76. The zero-order valence-electron chi connectivity index (χ0n) is 15.5. The molecule has 0 bridgehead atoms. The maximum atomic E-state index is 14.3. The van der Waals surface area contributed by atoms with Gasteiger partial charge in [0.2, 0.25) is 0 Å². The number of hydrogen-bond donors (Lipinski definition) is 3. The molecule has 3 rings (SSSR count). The van der Waals surface area contributed by atoms with Crippen LogP contribution in [0.4, 0.5) is 14.0 Å². The molecule has 2 fully saturated rings. The summed E-state index contributed by atoms with van der Waals surface area (Å²) >= 11 is 0. The summed E-state index contributed by atoms with van der Waals surface area (Å²) in [7, 11) is 1.51. The van der Waals surface area contributed by atoms with E-state index >= 15 is 0 Å². The SMILES string of the molecule is COC[C@@H](NC1NC(=O)N(C2CCOCC2)C(=O)N1)c1cc(C)ccc1F. The fourth-order valence-electron chi connectivity index (χ4n) is 3.40. The maximum Gasteiger partial charge on any atom is 0.328 e. The molecule has 1 aromatic rings. The molecule has 27 heavy (non-hydrogen) atoms. The highest BCUT2D eigenvalue weighted by Crippen LogP contribution is 2.21. The van der Waals surface area contributed by atoms with E-state index in [1.807, 2.05) is 6.92 Å². The second-order valence-electron chi connectivity index (χ2n) is 6.75. The van der Waals surface area contributed by atoms with Crippen LogP contribution in [0.2, 0.25) is 0 Å². The normalized spacial score (nSPS) is 20.3. The van der Waals surface area contributed by atoms with Gasteiger partial charge in [0, 0.05) is 31.9 Å². The maximum absolute atomic E-state index is 14.3. The van der Waals surface area contributed by atoms with E-state index < -0.39 is 24.4 Å². The number of methoxy groups -OCH3 is 1. The minimum absolute atomic E-state index is 0.173. The Morgan fingerprint density at radius 1 is 1.30 bits per heavy atom. The number of ether oxygens (including phenoxy) is 2. The summed E-state index contributed by atoms with van der Waals surface area (Å²) in [6.45, 7) is 3.08. The molecule has 3 N–H and O–H groups in total. The molecule has 0 aromatic heterocycles. The van der Waals surface area contributed by atoms with Crippen molar-refractivity contribution in [1.82, 2.24) is 20.9 Å². The number of imide groups is 1. The fraction of sp³-hybridized carbons (Fsp3) is 0.556. The zero-order valence-corrected chi connectivity index (χ0v) is 15.5. The van der Waals surface area contributed by atoms with Crippen molar-refractivity contribution in [3.05, 3.63) is 35.1 Å². The van der Waals surface area contributed by atoms with E-state index in [0.717, 1.165) is 5.56 Å². The van der Waals surface area contributed by atoms with Crippen LogP contribution < -0.4 is 16.0 Å². The van der Waals surface area contributed by atoms with Crippen LogP contribution in [0.25, 0.3) is 0 Å². The molecule has 2 aliphatic rings. The summed E-state index contributed by atoms with van der Waals surface area (Å²) in [6, 6.07) is 3.08. The largest absolute Gasteiger partial charge is 0.383 e. The van der Waals surface area contributed by atoms with Gasteiger partial charge in [-0.05, 0) is 25.8 Å². The molecule has 2 aliphatic heterocycles. The number of aryl methyl sites for hydroxylation is 1. The van der Waals surface area contributed by atoms with Crippen molar-refractivity contribution in [3.63, 3.8) is 0 Å². The minimum Gasteiger partial charge on any atom is -0.383 e. The van der Waals surface area contributed by atoms with Crippen molar-refractivity contribution >= 4 is 12.1 Å². The van der Waals surface area contributed by atoms with Gasteiger partial charge in [-0.25, -0.2) is 18.9 Å². The number of halogens is 1. The van der Waals surface area contributed by atoms with Crippen molar-refractivity contribution < 1.29 is 23.5 Å². The molecule has 2 saturated heterocycles. The highest BCUT2D eigenvalue weighted by molar-refractivity contribution is 5.96. The molecule has 4 amide bonds. The lowest BCUT2D eigenvalue weighted by atomic mass is 10.0. The summed E-state index contributed by atoms with van der Waals surface area (Å²) in [5.74, 6) is -0.382. The van der Waals surface area contributed by atoms with Gasteiger partial charge >= 0.3 is 12.1 Å². The van der Waals surface area contributed by atoms with Crippen LogP contribution in [0.5, 0.6) is 0 Å². The molecule has 0 saturated carbocycles. The average Bonchev–Trinajstić information content (AvgIpc) is 2.64. The van der Waals surface area contributed by atoms with Gasteiger partial charge in [-0.1, -0.05) is 17.7 Å². The number of nitrogens with zero attached hydrogens (tertiary/aromatic N) is 1. The first-order valence-corrected chi connectivity index (χ1v) is 8.98. The molecule has 9 heteroatoms. The molecule has 2 heterocycles. The molecular weight excluding hydrogens is 355 g/mol. The van der Waals surface area contributed by atoms with Gasteiger partial charge < -0.3 is 20.1 Å². The molecule has 0 aliphatic carbocycles. The number of hydrogen-bond acceptors (Lipinski definition) is 5. The highest BCUT2D eigenvalue weighted by atomic mass is 19.1. The van der Waals surface area contributed by atoms with Crippen LogP contribution in [0.3, 0.4) is 0 Å². The summed E-state index contributed by atoms with van der Waals surface area (Å²) in [5.41, 5.74) is 1.31. The van der Waals surface area contributed by atoms with Gasteiger partial charge in [-0.2, -0.15) is 0 Å². The van der Waals surface area contributed by atoms with E-state index in [1.54, 1.807) is 12.1 Å². The Morgan fingerprint density at radius 2 is 1.96 bits per heavy atom. The highest BCUT2D eigenvalue weighted by Gasteiger charge is 2.37. The van der Waals surface area contributed by atoms with E-state index in [9.17, 15) is 14.0 Å². The predicted octanol–water partition coefficient (Wildman–Crippen LogP) is 1.61. The Labute approximate surface area is 157 Å². The molecule has 0 radical (unpaired) electrons. The van der Waals surface area contributed by atoms with Crippen LogP contribution in [-0.2, 0) is 9.47 Å². The summed E-state index contributed by atoms with van der Waals surface area (Å²) in [6.07, 6.45) is 0.389.